The maximum Gasteiger partial charge on any atom is 0.264 e. The molecule has 3 aromatic rings. The molecule has 0 saturated carbocycles. The number of nitrogens with one attached hydrogen (secondary N) is 1. The van der Waals surface area contributed by atoms with Gasteiger partial charge in [0.1, 0.15) is 18.2 Å². The van der Waals surface area contributed by atoms with E-state index in [1.807, 2.05) is 31.2 Å². The first-order valence-corrected chi connectivity index (χ1v) is 10.7. The number of amidine groups is 1. The van der Waals surface area contributed by atoms with Crippen LogP contribution in [0.4, 0.5) is 10.1 Å². The van der Waals surface area contributed by atoms with Gasteiger partial charge in [-0.2, -0.15) is 0 Å². The van der Waals surface area contributed by atoms with Crippen molar-refractivity contribution in [1.29, 1.82) is 0 Å². The van der Waals surface area contributed by atoms with Crippen molar-refractivity contribution in [3.63, 3.8) is 0 Å². The van der Waals surface area contributed by atoms with Crippen molar-refractivity contribution >= 4 is 46.2 Å². The number of amides is 1. The first-order valence-electron chi connectivity index (χ1n) is 9.50. The topological polar surface area (TPSA) is 50.7 Å². The fourth-order valence-electron chi connectivity index (χ4n) is 2.90. The minimum absolute atomic E-state index is 0.147. The molecule has 1 heterocycles. The fourth-order valence-corrected chi connectivity index (χ4v) is 3.90. The van der Waals surface area contributed by atoms with Crippen LogP contribution in [0.2, 0.25) is 5.02 Å². The van der Waals surface area contributed by atoms with Crippen molar-refractivity contribution in [3.8, 4) is 5.75 Å². The van der Waals surface area contributed by atoms with Gasteiger partial charge in [0.05, 0.1) is 10.6 Å². The highest BCUT2D eigenvalue weighted by molar-refractivity contribution is 8.18. The highest BCUT2D eigenvalue weighted by Crippen LogP contribution is 2.31. The first kappa shape index (κ1) is 21.2. The van der Waals surface area contributed by atoms with Crippen LogP contribution >= 0.6 is 23.4 Å². The summed E-state index contributed by atoms with van der Waals surface area (Å²) in [7, 11) is 0. The Labute approximate surface area is 188 Å². The van der Waals surface area contributed by atoms with Crippen molar-refractivity contribution < 1.29 is 13.9 Å². The zero-order valence-electron chi connectivity index (χ0n) is 16.6. The molecule has 7 heteroatoms. The Morgan fingerprint density at radius 1 is 1.10 bits per heavy atom. The normalized spacial score (nSPS) is 16.0. The molecule has 1 N–H and O–H groups in total. The number of carbonyl (C=O) groups excluding carboxylic acids is 1. The summed E-state index contributed by atoms with van der Waals surface area (Å²) in [5.74, 6) is 0.120. The first-order chi connectivity index (χ1) is 15.0. The molecule has 0 bridgehead atoms. The van der Waals surface area contributed by atoms with Crippen LogP contribution in [0.5, 0.6) is 5.75 Å². The Hall–Kier alpha value is -3.09. The van der Waals surface area contributed by atoms with E-state index in [9.17, 15) is 9.18 Å². The van der Waals surface area contributed by atoms with Gasteiger partial charge in [0.2, 0.25) is 0 Å². The van der Waals surface area contributed by atoms with Gasteiger partial charge in [-0.15, -0.1) is 0 Å². The van der Waals surface area contributed by atoms with Crippen molar-refractivity contribution in [2.75, 3.05) is 0 Å². The van der Waals surface area contributed by atoms with E-state index in [-0.39, 0.29) is 18.3 Å². The van der Waals surface area contributed by atoms with Crippen LogP contribution in [0.15, 0.2) is 76.6 Å². The largest absolute Gasteiger partial charge is 0.489 e. The molecule has 1 aliphatic rings. The Morgan fingerprint density at radius 2 is 1.87 bits per heavy atom. The lowest BCUT2D eigenvalue weighted by Gasteiger charge is -2.07. The van der Waals surface area contributed by atoms with Crippen molar-refractivity contribution in [1.82, 2.24) is 5.32 Å². The molecule has 0 aromatic heterocycles. The number of carbonyl (C=O) groups is 1. The molecule has 31 heavy (non-hydrogen) atoms. The summed E-state index contributed by atoms with van der Waals surface area (Å²) in [5, 5.41) is 3.91. The van der Waals surface area contributed by atoms with Crippen molar-refractivity contribution in [2.24, 2.45) is 4.99 Å². The average molecular weight is 453 g/mol. The lowest BCUT2D eigenvalue weighted by molar-refractivity contribution is -0.115. The number of ether oxygens (including phenoxy) is 1. The second kappa shape index (κ2) is 9.37. The lowest BCUT2D eigenvalue weighted by atomic mass is 10.2. The number of aliphatic imine (C=N–C) groups is 1. The van der Waals surface area contributed by atoms with Gasteiger partial charge in [-0.3, -0.25) is 4.79 Å². The third-order valence-corrected chi connectivity index (χ3v) is 5.96. The molecule has 1 saturated heterocycles. The summed E-state index contributed by atoms with van der Waals surface area (Å²) in [5.41, 5.74) is 2.91. The van der Waals surface area contributed by atoms with E-state index in [0.717, 1.165) is 11.1 Å². The average Bonchev–Trinajstić information content (AvgIpc) is 3.10. The molecule has 0 aliphatic carbocycles. The Kier molecular flexibility index (Phi) is 6.39. The van der Waals surface area contributed by atoms with E-state index in [1.165, 1.54) is 17.8 Å². The summed E-state index contributed by atoms with van der Waals surface area (Å²) in [6.45, 7) is 2.03. The van der Waals surface area contributed by atoms with Gasteiger partial charge in [0.25, 0.3) is 5.91 Å². The summed E-state index contributed by atoms with van der Waals surface area (Å²) in [4.78, 5) is 17.4. The zero-order valence-corrected chi connectivity index (χ0v) is 18.1. The molecule has 4 rings (SSSR count). The minimum atomic E-state index is -0.293. The van der Waals surface area contributed by atoms with E-state index in [1.54, 1.807) is 42.5 Å². The van der Waals surface area contributed by atoms with E-state index < -0.39 is 0 Å². The summed E-state index contributed by atoms with van der Waals surface area (Å²) >= 11 is 7.41. The highest BCUT2D eigenvalue weighted by atomic mass is 35.5. The number of nitrogens with zero attached hydrogens (tertiary/aromatic N) is 1. The van der Waals surface area contributed by atoms with E-state index in [2.05, 4.69) is 10.3 Å². The van der Waals surface area contributed by atoms with E-state index in [4.69, 9.17) is 16.3 Å². The monoisotopic (exact) mass is 452 g/mol. The summed E-state index contributed by atoms with van der Waals surface area (Å²) in [6.07, 6.45) is 1.79. The number of hydrogen-bond donors (Lipinski definition) is 1. The standard InChI is InChI=1S/C24H18ClFN2O2S/c1-15-19(25)6-4-8-21(15)27-24-28-23(29)22(31-24)13-16-9-11-18(12-10-16)30-14-17-5-2-3-7-20(17)26/h2-13H,14H2,1H3,(H,27,28,29)/b22-13+. The van der Waals surface area contributed by atoms with Gasteiger partial charge in [-0.25, -0.2) is 9.38 Å². The molecule has 0 spiro atoms. The number of hydrogen-bond acceptors (Lipinski definition) is 4. The Balaban J connectivity index is 1.44. The van der Waals surface area contributed by atoms with Crippen LogP contribution in [0, 0.1) is 12.7 Å². The van der Waals surface area contributed by atoms with Gasteiger partial charge in [-0.05, 0) is 66.2 Å². The van der Waals surface area contributed by atoms with E-state index >= 15 is 0 Å². The predicted octanol–water partition coefficient (Wildman–Crippen LogP) is 6.26. The fraction of sp³-hybridized carbons (Fsp3) is 0.0833. The number of thioether (sulfide) groups is 1. The van der Waals surface area contributed by atoms with Gasteiger partial charge < -0.3 is 10.1 Å². The molecule has 0 unspecified atom stereocenters. The lowest BCUT2D eigenvalue weighted by Crippen LogP contribution is -2.19. The van der Waals surface area contributed by atoms with Gasteiger partial charge in [0.15, 0.2) is 5.17 Å². The van der Waals surface area contributed by atoms with Gasteiger partial charge in [0, 0.05) is 10.6 Å². The molecule has 4 nitrogen and oxygen atoms in total. The predicted molar refractivity (Wildman–Crippen MR) is 124 cm³/mol. The molecule has 1 aliphatic heterocycles. The van der Waals surface area contributed by atoms with Crippen LogP contribution in [-0.4, -0.2) is 11.1 Å². The molecule has 1 amide bonds. The van der Waals surface area contributed by atoms with Crippen LogP contribution in [-0.2, 0) is 11.4 Å². The second-order valence-corrected chi connectivity index (χ2v) is 8.25. The number of halogens is 2. The van der Waals surface area contributed by atoms with Gasteiger partial charge >= 0.3 is 0 Å². The minimum Gasteiger partial charge on any atom is -0.489 e. The number of benzene rings is 3. The SMILES string of the molecule is Cc1c(Cl)cccc1N=C1NC(=O)/C(=C\c2ccc(OCc3ccccc3F)cc2)S1. The maximum absolute atomic E-state index is 13.7. The number of rotatable bonds is 5. The zero-order chi connectivity index (χ0) is 21.8. The molecule has 156 valence electrons. The van der Waals surface area contributed by atoms with Crippen molar-refractivity contribution in [3.05, 3.63) is 99.2 Å². The van der Waals surface area contributed by atoms with Crippen LogP contribution in [0.1, 0.15) is 16.7 Å². The third kappa shape index (κ3) is 5.16. The van der Waals surface area contributed by atoms with Crippen LogP contribution in [0.25, 0.3) is 6.08 Å². The maximum atomic E-state index is 13.7. The second-order valence-electron chi connectivity index (χ2n) is 6.81. The van der Waals surface area contributed by atoms with Crippen LogP contribution < -0.4 is 10.1 Å². The molecule has 0 atom stereocenters. The van der Waals surface area contributed by atoms with Crippen molar-refractivity contribution in [2.45, 2.75) is 13.5 Å². The Bertz CT molecular complexity index is 1190. The van der Waals surface area contributed by atoms with E-state index in [0.29, 0.717) is 32.1 Å². The third-order valence-electron chi connectivity index (χ3n) is 4.64. The smallest absolute Gasteiger partial charge is 0.264 e. The Morgan fingerprint density at radius 3 is 2.65 bits per heavy atom. The summed E-state index contributed by atoms with van der Waals surface area (Å²) in [6, 6.07) is 19.2. The van der Waals surface area contributed by atoms with Gasteiger partial charge in [-0.1, -0.05) is 48.0 Å². The summed E-state index contributed by atoms with van der Waals surface area (Å²) < 4.78 is 19.3. The molecular formula is C24H18ClFN2O2S. The molecular weight excluding hydrogens is 435 g/mol. The quantitative estimate of drug-likeness (QED) is 0.465. The van der Waals surface area contributed by atoms with Crippen LogP contribution in [0.3, 0.4) is 0 Å². The highest BCUT2D eigenvalue weighted by Gasteiger charge is 2.24. The molecule has 3 aromatic carbocycles. The molecule has 1 fully saturated rings. The molecule has 0 radical (unpaired) electrons.